The summed E-state index contributed by atoms with van der Waals surface area (Å²) in [5.41, 5.74) is 4.95. The number of hydrogen-bond acceptors (Lipinski definition) is 1. The van der Waals surface area contributed by atoms with Crippen LogP contribution in [0.2, 0.25) is 0 Å². The molecule has 2 nitrogen and oxygen atoms in total. The lowest BCUT2D eigenvalue weighted by atomic mass is 9.96. The molecule has 0 bridgehead atoms. The molecule has 1 aromatic carbocycles. The lowest BCUT2D eigenvalue weighted by Crippen LogP contribution is -1.93. The van der Waals surface area contributed by atoms with E-state index in [1.54, 1.807) is 6.33 Å². The third-order valence-electron chi connectivity index (χ3n) is 2.96. The van der Waals surface area contributed by atoms with E-state index in [4.69, 9.17) is 0 Å². The van der Waals surface area contributed by atoms with Crippen molar-refractivity contribution in [3.63, 3.8) is 0 Å². The molecular weight excluding hydrogens is 172 g/mol. The van der Waals surface area contributed by atoms with Gasteiger partial charge in [0.2, 0.25) is 0 Å². The second kappa shape index (κ2) is 3.45. The number of aromatic amines is 1. The Bertz CT molecular complexity index is 443. The Kier molecular flexibility index (Phi) is 2.28. The zero-order valence-electron chi connectivity index (χ0n) is 8.96. The van der Waals surface area contributed by atoms with Gasteiger partial charge in [-0.2, -0.15) is 0 Å². The molecule has 0 saturated heterocycles. The van der Waals surface area contributed by atoms with Crippen LogP contribution >= 0.6 is 0 Å². The molecule has 0 aliphatic rings. The molecule has 0 saturated carbocycles. The molecule has 1 N–H and O–H groups in total. The van der Waals surface area contributed by atoms with Gasteiger partial charge in [0, 0.05) is 0 Å². The van der Waals surface area contributed by atoms with Crippen molar-refractivity contribution in [2.24, 2.45) is 0 Å². The number of H-pyrrole nitrogens is 1. The summed E-state index contributed by atoms with van der Waals surface area (Å²) < 4.78 is 0. The minimum atomic E-state index is 0.596. The summed E-state index contributed by atoms with van der Waals surface area (Å²) in [7, 11) is 0. The van der Waals surface area contributed by atoms with Gasteiger partial charge in [0.1, 0.15) is 0 Å². The van der Waals surface area contributed by atoms with Crippen LogP contribution in [0.3, 0.4) is 0 Å². The zero-order chi connectivity index (χ0) is 10.1. The highest BCUT2D eigenvalue weighted by Gasteiger charge is 2.10. The van der Waals surface area contributed by atoms with Gasteiger partial charge in [-0.3, -0.25) is 0 Å². The van der Waals surface area contributed by atoms with Crippen LogP contribution in [0.4, 0.5) is 0 Å². The van der Waals surface area contributed by atoms with E-state index < -0.39 is 0 Å². The Hall–Kier alpha value is -1.31. The predicted octanol–water partition coefficient (Wildman–Crippen LogP) is 3.38. The van der Waals surface area contributed by atoms with Gasteiger partial charge in [-0.1, -0.05) is 26.0 Å². The third kappa shape index (κ3) is 1.31. The average molecular weight is 188 g/mol. The number of hydrogen-bond donors (Lipinski definition) is 1. The number of aromatic nitrogens is 2. The molecule has 1 heterocycles. The second-order valence-corrected chi connectivity index (χ2v) is 3.91. The van der Waals surface area contributed by atoms with Gasteiger partial charge in [-0.15, -0.1) is 0 Å². The normalized spacial score (nSPS) is 13.4. The van der Waals surface area contributed by atoms with E-state index in [-0.39, 0.29) is 0 Å². The maximum atomic E-state index is 4.34. The molecule has 1 unspecified atom stereocenters. The van der Waals surface area contributed by atoms with Gasteiger partial charge in [0.15, 0.2) is 0 Å². The molecule has 0 spiro atoms. The first-order valence-electron chi connectivity index (χ1n) is 5.16. The first-order chi connectivity index (χ1) is 6.74. The van der Waals surface area contributed by atoms with E-state index in [1.165, 1.54) is 16.6 Å². The minimum absolute atomic E-state index is 0.596. The summed E-state index contributed by atoms with van der Waals surface area (Å²) in [4.78, 5) is 7.57. The zero-order valence-corrected chi connectivity index (χ0v) is 8.96. The number of benzene rings is 1. The average Bonchev–Trinajstić information content (AvgIpc) is 2.67. The van der Waals surface area contributed by atoms with Crippen LogP contribution in [-0.2, 0) is 0 Å². The van der Waals surface area contributed by atoms with E-state index >= 15 is 0 Å². The first-order valence-corrected chi connectivity index (χ1v) is 5.16. The summed E-state index contributed by atoms with van der Waals surface area (Å²) in [5, 5.41) is 0. The van der Waals surface area contributed by atoms with Crippen molar-refractivity contribution in [1.29, 1.82) is 0 Å². The summed E-state index contributed by atoms with van der Waals surface area (Å²) in [6, 6.07) is 4.37. The Morgan fingerprint density at radius 3 is 2.93 bits per heavy atom. The summed E-state index contributed by atoms with van der Waals surface area (Å²) in [6.07, 6.45) is 2.95. The van der Waals surface area contributed by atoms with Crippen LogP contribution < -0.4 is 0 Å². The van der Waals surface area contributed by atoms with Crippen molar-refractivity contribution < 1.29 is 0 Å². The fourth-order valence-electron chi connectivity index (χ4n) is 1.82. The maximum Gasteiger partial charge on any atom is 0.0932 e. The molecule has 1 aromatic heterocycles. The molecule has 2 aromatic rings. The van der Waals surface area contributed by atoms with Crippen molar-refractivity contribution in [3.8, 4) is 0 Å². The molecule has 2 heteroatoms. The van der Waals surface area contributed by atoms with Crippen LogP contribution in [0.15, 0.2) is 18.5 Å². The van der Waals surface area contributed by atoms with E-state index in [9.17, 15) is 0 Å². The van der Waals surface area contributed by atoms with Gasteiger partial charge in [0.05, 0.1) is 17.4 Å². The monoisotopic (exact) mass is 188 g/mol. The molecular formula is C12H16N2. The van der Waals surface area contributed by atoms with Crippen molar-refractivity contribution in [2.45, 2.75) is 33.1 Å². The lowest BCUT2D eigenvalue weighted by molar-refractivity contribution is 0.738. The van der Waals surface area contributed by atoms with Crippen molar-refractivity contribution in [3.05, 3.63) is 29.6 Å². The van der Waals surface area contributed by atoms with Gasteiger partial charge < -0.3 is 4.98 Å². The Balaban J connectivity index is 2.66. The highest BCUT2D eigenvalue weighted by molar-refractivity contribution is 5.81. The fourth-order valence-corrected chi connectivity index (χ4v) is 1.82. The molecule has 0 fully saturated rings. The molecule has 74 valence electrons. The summed E-state index contributed by atoms with van der Waals surface area (Å²) in [6.45, 7) is 6.57. The van der Waals surface area contributed by atoms with Gasteiger partial charge in [0.25, 0.3) is 0 Å². The molecule has 2 rings (SSSR count). The smallest absolute Gasteiger partial charge is 0.0932 e. The Labute approximate surface area is 84.4 Å². The third-order valence-corrected chi connectivity index (χ3v) is 2.96. The maximum absolute atomic E-state index is 4.34. The number of aryl methyl sites for hydroxylation is 1. The number of rotatable bonds is 2. The van der Waals surface area contributed by atoms with Crippen LogP contribution in [0, 0.1) is 6.92 Å². The largest absolute Gasteiger partial charge is 0.344 e. The molecule has 0 radical (unpaired) electrons. The highest BCUT2D eigenvalue weighted by Crippen LogP contribution is 2.26. The van der Waals surface area contributed by atoms with Crippen LogP contribution in [0.1, 0.15) is 37.3 Å². The lowest BCUT2D eigenvalue weighted by Gasteiger charge is -2.10. The van der Waals surface area contributed by atoms with Crippen molar-refractivity contribution in [1.82, 2.24) is 9.97 Å². The SMILES string of the molecule is CCC(C)c1ccc(C)c2nc[nH]c12. The summed E-state index contributed by atoms with van der Waals surface area (Å²) >= 11 is 0. The van der Waals surface area contributed by atoms with Crippen molar-refractivity contribution >= 4 is 11.0 Å². The highest BCUT2D eigenvalue weighted by atomic mass is 14.9. The standard InChI is InChI=1S/C12H16N2/c1-4-8(2)10-6-5-9(3)11-12(10)14-7-13-11/h5-8H,4H2,1-3H3,(H,13,14). The minimum Gasteiger partial charge on any atom is -0.344 e. The predicted molar refractivity (Wildman–Crippen MR) is 59.5 cm³/mol. The van der Waals surface area contributed by atoms with E-state index in [0.717, 1.165) is 11.9 Å². The van der Waals surface area contributed by atoms with Crippen LogP contribution in [0.5, 0.6) is 0 Å². The fraction of sp³-hybridized carbons (Fsp3) is 0.417. The second-order valence-electron chi connectivity index (χ2n) is 3.91. The van der Waals surface area contributed by atoms with Crippen LogP contribution in [0.25, 0.3) is 11.0 Å². The van der Waals surface area contributed by atoms with E-state index in [1.807, 2.05) is 0 Å². The Morgan fingerprint density at radius 2 is 2.21 bits per heavy atom. The van der Waals surface area contributed by atoms with Crippen LogP contribution in [-0.4, -0.2) is 9.97 Å². The van der Waals surface area contributed by atoms with Gasteiger partial charge >= 0.3 is 0 Å². The topological polar surface area (TPSA) is 28.7 Å². The molecule has 1 atom stereocenters. The number of nitrogens with zero attached hydrogens (tertiary/aromatic N) is 1. The first kappa shape index (κ1) is 9.25. The van der Waals surface area contributed by atoms with E-state index in [0.29, 0.717) is 5.92 Å². The molecule has 14 heavy (non-hydrogen) atoms. The number of fused-ring (bicyclic) bond motifs is 1. The summed E-state index contributed by atoms with van der Waals surface area (Å²) in [5.74, 6) is 0.596. The molecule has 0 amide bonds. The molecule has 0 aliphatic carbocycles. The van der Waals surface area contributed by atoms with Gasteiger partial charge in [-0.05, 0) is 30.4 Å². The number of nitrogens with one attached hydrogen (secondary N) is 1. The van der Waals surface area contributed by atoms with Crippen molar-refractivity contribution in [2.75, 3.05) is 0 Å². The molecule has 0 aliphatic heterocycles. The number of imidazole rings is 1. The van der Waals surface area contributed by atoms with E-state index in [2.05, 4.69) is 42.9 Å². The quantitative estimate of drug-likeness (QED) is 0.769. The van der Waals surface area contributed by atoms with Gasteiger partial charge in [-0.25, -0.2) is 4.98 Å². The Morgan fingerprint density at radius 1 is 1.43 bits per heavy atom.